The van der Waals surface area contributed by atoms with Crippen molar-refractivity contribution in [2.24, 2.45) is 5.92 Å². The number of nitrogens with one attached hydrogen (secondary N) is 1. The molecular weight excluding hydrogens is 260 g/mol. The normalized spacial score (nSPS) is 20.2. The smallest absolute Gasteiger partial charge is 0.119 e. The maximum atomic E-state index is 5.93. The molecular formula is C18H30N2O. The molecule has 1 heterocycles. The summed E-state index contributed by atoms with van der Waals surface area (Å²) in [5, 5.41) is 3.35. The van der Waals surface area contributed by atoms with Gasteiger partial charge in [-0.15, -0.1) is 0 Å². The summed E-state index contributed by atoms with van der Waals surface area (Å²) >= 11 is 0. The molecule has 0 aliphatic carbocycles. The van der Waals surface area contributed by atoms with Crippen molar-refractivity contribution in [3.8, 4) is 5.75 Å². The Morgan fingerprint density at radius 2 is 2.19 bits per heavy atom. The van der Waals surface area contributed by atoms with E-state index >= 15 is 0 Å². The van der Waals surface area contributed by atoms with E-state index in [1.54, 1.807) is 0 Å². The topological polar surface area (TPSA) is 24.5 Å². The van der Waals surface area contributed by atoms with E-state index in [4.69, 9.17) is 4.74 Å². The summed E-state index contributed by atoms with van der Waals surface area (Å²) in [6, 6.07) is 8.43. The summed E-state index contributed by atoms with van der Waals surface area (Å²) in [6.45, 7) is 10.7. The molecule has 3 heteroatoms. The van der Waals surface area contributed by atoms with Crippen LogP contribution in [0.25, 0.3) is 0 Å². The second-order valence-corrected chi connectivity index (χ2v) is 6.15. The highest BCUT2D eigenvalue weighted by Crippen LogP contribution is 2.17. The number of ether oxygens (including phenoxy) is 1. The molecule has 1 aromatic carbocycles. The first-order valence-electron chi connectivity index (χ1n) is 8.42. The summed E-state index contributed by atoms with van der Waals surface area (Å²) in [7, 11) is 0. The average Bonchev–Trinajstić information content (AvgIpc) is 2.70. The Labute approximate surface area is 129 Å². The Hall–Kier alpha value is -1.06. The third kappa shape index (κ3) is 6.06. The van der Waals surface area contributed by atoms with Crippen molar-refractivity contribution < 1.29 is 4.74 Å². The first-order valence-corrected chi connectivity index (χ1v) is 8.42. The van der Waals surface area contributed by atoms with Gasteiger partial charge in [0.1, 0.15) is 12.4 Å². The number of nitrogens with zero attached hydrogens (tertiary/aromatic N) is 1. The molecule has 0 bridgehead atoms. The fourth-order valence-electron chi connectivity index (χ4n) is 2.85. The zero-order valence-corrected chi connectivity index (χ0v) is 13.6. The van der Waals surface area contributed by atoms with Crippen molar-refractivity contribution in [1.29, 1.82) is 0 Å². The van der Waals surface area contributed by atoms with E-state index < -0.39 is 0 Å². The van der Waals surface area contributed by atoms with Crippen LogP contribution >= 0.6 is 0 Å². The van der Waals surface area contributed by atoms with E-state index in [1.807, 2.05) is 0 Å². The molecule has 1 saturated heterocycles. The van der Waals surface area contributed by atoms with Crippen LogP contribution in [0.3, 0.4) is 0 Å². The lowest BCUT2D eigenvalue weighted by Crippen LogP contribution is -2.29. The van der Waals surface area contributed by atoms with E-state index in [9.17, 15) is 0 Å². The Balaban J connectivity index is 1.72. The lowest BCUT2D eigenvalue weighted by Gasteiger charge is -2.20. The summed E-state index contributed by atoms with van der Waals surface area (Å²) in [6.07, 6.45) is 4.04. The van der Waals surface area contributed by atoms with E-state index in [0.717, 1.165) is 37.9 Å². The molecule has 0 spiro atoms. The average molecular weight is 290 g/mol. The highest BCUT2D eigenvalue weighted by molar-refractivity contribution is 5.28. The van der Waals surface area contributed by atoms with Gasteiger partial charge in [-0.25, -0.2) is 0 Å². The van der Waals surface area contributed by atoms with Gasteiger partial charge in [0.05, 0.1) is 0 Å². The molecule has 1 aliphatic rings. The molecule has 0 saturated carbocycles. The van der Waals surface area contributed by atoms with E-state index in [0.29, 0.717) is 0 Å². The number of benzene rings is 1. The summed E-state index contributed by atoms with van der Waals surface area (Å²) in [5.74, 6) is 1.88. The number of rotatable bonds is 7. The minimum atomic E-state index is 0.791. The SMILES string of the molecule is CCNCc1cccc(OCCN2CCCC(C)CC2)c1. The molecule has 2 rings (SSSR count). The number of likely N-dealkylation sites (tertiary alicyclic amines) is 1. The first-order chi connectivity index (χ1) is 10.3. The monoisotopic (exact) mass is 290 g/mol. The predicted molar refractivity (Wildman–Crippen MR) is 88.8 cm³/mol. The van der Waals surface area contributed by atoms with Gasteiger partial charge in [-0.05, 0) is 62.5 Å². The van der Waals surface area contributed by atoms with Crippen LogP contribution < -0.4 is 10.1 Å². The highest BCUT2D eigenvalue weighted by atomic mass is 16.5. The molecule has 1 aromatic rings. The standard InChI is InChI=1S/C18H30N2O/c1-3-19-15-17-7-4-8-18(14-17)21-13-12-20-10-5-6-16(2)9-11-20/h4,7-8,14,16,19H,3,5-6,9-13,15H2,1-2H3. The summed E-state index contributed by atoms with van der Waals surface area (Å²) in [5.41, 5.74) is 1.29. The quantitative estimate of drug-likeness (QED) is 0.834. The van der Waals surface area contributed by atoms with E-state index in [2.05, 4.69) is 48.3 Å². The highest BCUT2D eigenvalue weighted by Gasteiger charge is 2.13. The van der Waals surface area contributed by atoms with Crippen molar-refractivity contribution in [3.63, 3.8) is 0 Å². The van der Waals surface area contributed by atoms with Crippen molar-refractivity contribution in [2.75, 3.05) is 32.8 Å². The molecule has 1 atom stereocenters. The molecule has 118 valence electrons. The van der Waals surface area contributed by atoms with Crippen LogP contribution in [0, 0.1) is 5.92 Å². The van der Waals surface area contributed by atoms with E-state index in [-0.39, 0.29) is 0 Å². The van der Waals surface area contributed by atoms with Crippen LogP contribution in [0.2, 0.25) is 0 Å². The van der Waals surface area contributed by atoms with Crippen molar-refractivity contribution in [2.45, 2.75) is 39.7 Å². The Morgan fingerprint density at radius 1 is 1.29 bits per heavy atom. The third-order valence-corrected chi connectivity index (χ3v) is 4.26. The van der Waals surface area contributed by atoms with Gasteiger partial charge in [-0.2, -0.15) is 0 Å². The maximum absolute atomic E-state index is 5.93. The van der Waals surface area contributed by atoms with Crippen molar-refractivity contribution in [3.05, 3.63) is 29.8 Å². The molecule has 1 aliphatic heterocycles. The fourth-order valence-corrected chi connectivity index (χ4v) is 2.85. The molecule has 0 amide bonds. The molecule has 21 heavy (non-hydrogen) atoms. The molecule has 1 N–H and O–H groups in total. The van der Waals surface area contributed by atoms with E-state index in [1.165, 1.54) is 37.9 Å². The molecule has 1 unspecified atom stereocenters. The lowest BCUT2D eigenvalue weighted by atomic mass is 10.0. The molecule has 0 radical (unpaired) electrons. The van der Waals surface area contributed by atoms with Crippen LogP contribution in [0.5, 0.6) is 5.75 Å². The molecule has 1 fully saturated rings. The molecule has 3 nitrogen and oxygen atoms in total. The minimum Gasteiger partial charge on any atom is -0.492 e. The zero-order valence-electron chi connectivity index (χ0n) is 13.6. The van der Waals surface area contributed by atoms with Crippen LogP contribution in [0.15, 0.2) is 24.3 Å². The summed E-state index contributed by atoms with van der Waals surface area (Å²) < 4.78 is 5.93. The molecule has 0 aromatic heterocycles. The number of hydrogen-bond acceptors (Lipinski definition) is 3. The van der Waals surface area contributed by atoms with Crippen LogP contribution in [0.4, 0.5) is 0 Å². The van der Waals surface area contributed by atoms with Crippen molar-refractivity contribution in [1.82, 2.24) is 10.2 Å². The van der Waals surface area contributed by atoms with Gasteiger partial charge in [-0.3, -0.25) is 4.90 Å². The second kappa shape index (κ2) is 9.06. The van der Waals surface area contributed by atoms with Gasteiger partial charge in [0.2, 0.25) is 0 Å². The lowest BCUT2D eigenvalue weighted by molar-refractivity contribution is 0.212. The largest absolute Gasteiger partial charge is 0.492 e. The van der Waals surface area contributed by atoms with Crippen LogP contribution in [-0.4, -0.2) is 37.7 Å². The first kappa shape index (κ1) is 16.3. The Kier molecular flexibility index (Phi) is 7.04. The minimum absolute atomic E-state index is 0.791. The summed E-state index contributed by atoms with van der Waals surface area (Å²) in [4.78, 5) is 2.55. The van der Waals surface area contributed by atoms with Gasteiger partial charge in [0.25, 0.3) is 0 Å². The maximum Gasteiger partial charge on any atom is 0.119 e. The van der Waals surface area contributed by atoms with Gasteiger partial charge in [-0.1, -0.05) is 26.0 Å². The fraction of sp³-hybridized carbons (Fsp3) is 0.667. The van der Waals surface area contributed by atoms with Gasteiger partial charge in [0.15, 0.2) is 0 Å². The zero-order chi connectivity index (χ0) is 14.9. The Bertz CT molecular complexity index is 408. The van der Waals surface area contributed by atoms with Crippen LogP contribution in [-0.2, 0) is 6.54 Å². The van der Waals surface area contributed by atoms with Crippen molar-refractivity contribution >= 4 is 0 Å². The third-order valence-electron chi connectivity index (χ3n) is 4.26. The Morgan fingerprint density at radius 3 is 3.05 bits per heavy atom. The van der Waals surface area contributed by atoms with Crippen LogP contribution in [0.1, 0.15) is 38.7 Å². The van der Waals surface area contributed by atoms with Gasteiger partial charge < -0.3 is 10.1 Å². The second-order valence-electron chi connectivity index (χ2n) is 6.15. The predicted octanol–water partition coefficient (Wildman–Crippen LogP) is 3.30. The van der Waals surface area contributed by atoms with Gasteiger partial charge in [0, 0.05) is 13.1 Å². The van der Waals surface area contributed by atoms with Gasteiger partial charge >= 0.3 is 0 Å². The number of hydrogen-bond donors (Lipinski definition) is 1.